The Balaban J connectivity index is 1.67. The highest BCUT2D eigenvalue weighted by molar-refractivity contribution is 6.02. The fourth-order valence-corrected chi connectivity index (χ4v) is 3.50. The number of carbonyl (C=O) groups excluding carboxylic acids is 1. The zero-order valence-electron chi connectivity index (χ0n) is 13.3. The number of nitrogens with one attached hydrogen (secondary N) is 1. The molecule has 2 heterocycles. The van der Waals surface area contributed by atoms with Gasteiger partial charge in [-0.1, -0.05) is 31.4 Å². The van der Waals surface area contributed by atoms with Gasteiger partial charge in [-0.2, -0.15) is 5.10 Å². The number of aromatic nitrogens is 2. The molecule has 24 heavy (non-hydrogen) atoms. The van der Waals surface area contributed by atoms with E-state index in [0.717, 1.165) is 18.2 Å². The van der Waals surface area contributed by atoms with Crippen molar-refractivity contribution in [3.63, 3.8) is 0 Å². The van der Waals surface area contributed by atoms with Crippen LogP contribution in [-0.4, -0.2) is 21.7 Å². The van der Waals surface area contributed by atoms with Gasteiger partial charge in [0.25, 0.3) is 0 Å². The van der Waals surface area contributed by atoms with Crippen molar-refractivity contribution < 1.29 is 9.21 Å². The van der Waals surface area contributed by atoms with E-state index < -0.39 is 5.63 Å². The topological polar surface area (TPSA) is 77.1 Å². The summed E-state index contributed by atoms with van der Waals surface area (Å²) in [6, 6.07) is 7.57. The van der Waals surface area contributed by atoms with Crippen molar-refractivity contribution >= 4 is 27.8 Å². The number of fused-ring (bicyclic) bond motifs is 3. The van der Waals surface area contributed by atoms with Crippen molar-refractivity contribution in [3.05, 3.63) is 40.9 Å². The Morgan fingerprint density at radius 1 is 1.21 bits per heavy atom. The molecule has 2 aromatic heterocycles. The van der Waals surface area contributed by atoms with E-state index in [9.17, 15) is 9.59 Å². The minimum atomic E-state index is -0.428. The molecule has 0 bridgehead atoms. The lowest BCUT2D eigenvalue weighted by Gasteiger charge is -2.22. The SMILES string of the molecule is O=C(Cn1ncc2c(=O)oc3ccccc3c21)NC1CCCCC1. The Kier molecular flexibility index (Phi) is 3.80. The second kappa shape index (κ2) is 6.11. The van der Waals surface area contributed by atoms with Crippen LogP contribution in [0.1, 0.15) is 32.1 Å². The van der Waals surface area contributed by atoms with Crippen molar-refractivity contribution in [2.75, 3.05) is 0 Å². The number of hydrogen-bond acceptors (Lipinski definition) is 4. The molecule has 1 aliphatic carbocycles. The normalized spacial score (nSPS) is 15.8. The maximum atomic E-state index is 12.4. The summed E-state index contributed by atoms with van der Waals surface area (Å²) >= 11 is 0. The first kappa shape index (κ1) is 14.9. The summed E-state index contributed by atoms with van der Waals surface area (Å²) in [6.45, 7) is 0.105. The summed E-state index contributed by atoms with van der Waals surface area (Å²) in [5.41, 5.74) is 0.729. The molecule has 0 atom stereocenters. The highest BCUT2D eigenvalue weighted by Gasteiger charge is 2.18. The van der Waals surface area contributed by atoms with E-state index in [-0.39, 0.29) is 18.5 Å². The Bertz CT molecular complexity index is 951. The molecule has 1 fully saturated rings. The van der Waals surface area contributed by atoms with Gasteiger partial charge in [0.1, 0.15) is 17.5 Å². The predicted molar refractivity (Wildman–Crippen MR) is 90.8 cm³/mol. The molecule has 6 nitrogen and oxygen atoms in total. The molecule has 0 unspecified atom stereocenters. The zero-order chi connectivity index (χ0) is 16.5. The first-order chi connectivity index (χ1) is 11.7. The maximum Gasteiger partial charge on any atom is 0.347 e. The summed E-state index contributed by atoms with van der Waals surface area (Å²) < 4.78 is 6.90. The van der Waals surface area contributed by atoms with Crippen molar-refractivity contribution in [1.29, 1.82) is 0 Å². The first-order valence-electron chi connectivity index (χ1n) is 8.39. The van der Waals surface area contributed by atoms with Crippen LogP contribution in [-0.2, 0) is 11.3 Å². The van der Waals surface area contributed by atoms with Gasteiger partial charge in [-0.15, -0.1) is 0 Å². The molecule has 1 amide bonds. The monoisotopic (exact) mass is 325 g/mol. The Morgan fingerprint density at radius 2 is 2.00 bits per heavy atom. The van der Waals surface area contributed by atoms with Crippen LogP contribution in [0.5, 0.6) is 0 Å². The van der Waals surface area contributed by atoms with Gasteiger partial charge < -0.3 is 9.73 Å². The van der Waals surface area contributed by atoms with Crippen molar-refractivity contribution in [2.24, 2.45) is 0 Å². The standard InChI is InChI=1S/C18H19N3O3/c22-16(20-12-6-2-1-3-7-12)11-21-17-13-8-4-5-9-15(13)24-18(23)14(17)10-19-21/h4-5,8-10,12H,1-3,6-7,11H2,(H,20,22). The second-order valence-corrected chi connectivity index (χ2v) is 6.35. The van der Waals surface area contributed by atoms with E-state index in [2.05, 4.69) is 10.4 Å². The van der Waals surface area contributed by atoms with Gasteiger partial charge >= 0.3 is 5.63 Å². The van der Waals surface area contributed by atoms with Crippen molar-refractivity contribution in [1.82, 2.24) is 15.1 Å². The Labute approximate surface area is 138 Å². The highest BCUT2D eigenvalue weighted by atomic mass is 16.4. The van der Waals surface area contributed by atoms with E-state index in [1.165, 1.54) is 25.5 Å². The number of rotatable bonds is 3. The van der Waals surface area contributed by atoms with Gasteiger partial charge in [-0.3, -0.25) is 9.48 Å². The van der Waals surface area contributed by atoms with Crippen LogP contribution in [0.2, 0.25) is 0 Å². The minimum absolute atomic E-state index is 0.0655. The lowest BCUT2D eigenvalue weighted by atomic mass is 9.95. The summed E-state index contributed by atoms with van der Waals surface area (Å²) in [6.07, 6.45) is 7.14. The minimum Gasteiger partial charge on any atom is -0.422 e. The molecule has 0 saturated heterocycles. The molecular weight excluding hydrogens is 306 g/mol. The van der Waals surface area contributed by atoms with Gasteiger partial charge in [-0.25, -0.2) is 4.79 Å². The van der Waals surface area contributed by atoms with Crippen LogP contribution in [0.3, 0.4) is 0 Å². The van der Waals surface area contributed by atoms with Crippen LogP contribution in [0.4, 0.5) is 0 Å². The van der Waals surface area contributed by atoms with Crippen LogP contribution in [0, 0.1) is 0 Å². The third-order valence-corrected chi connectivity index (χ3v) is 4.67. The number of para-hydroxylation sites is 1. The molecule has 1 aliphatic rings. The molecule has 1 saturated carbocycles. The Morgan fingerprint density at radius 3 is 2.83 bits per heavy atom. The van der Waals surface area contributed by atoms with Crippen LogP contribution in [0.25, 0.3) is 21.9 Å². The van der Waals surface area contributed by atoms with E-state index >= 15 is 0 Å². The average Bonchev–Trinajstić information content (AvgIpc) is 3.00. The molecule has 1 N–H and O–H groups in total. The molecule has 0 aliphatic heterocycles. The van der Waals surface area contributed by atoms with E-state index in [0.29, 0.717) is 16.5 Å². The summed E-state index contributed by atoms with van der Waals surface area (Å²) in [7, 11) is 0. The van der Waals surface area contributed by atoms with Crippen molar-refractivity contribution in [3.8, 4) is 0 Å². The summed E-state index contributed by atoms with van der Waals surface area (Å²) in [5, 5.41) is 8.51. The number of carbonyl (C=O) groups is 1. The van der Waals surface area contributed by atoms with Crippen LogP contribution >= 0.6 is 0 Å². The third-order valence-electron chi connectivity index (χ3n) is 4.67. The average molecular weight is 325 g/mol. The predicted octanol–water partition coefficient (Wildman–Crippen LogP) is 2.59. The molecule has 0 spiro atoms. The maximum absolute atomic E-state index is 12.4. The van der Waals surface area contributed by atoms with E-state index in [1.807, 2.05) is 18.2 Å². The van der Waals surface area contributed by atoms with Crippen LogP contribution in [0.15, 0.2) is 39.7 Å². The van der Waals surface area contributed by atoms with Gasteiger partial charge in [0.2, 0.25) is 5.91 Å². The molecule has 3 aromatic rings. The van der Waals surface area contributed by atoms with Crippen LogP contribution < -0.4 is 10.9 Å². The quantitative estimate of drug-likeness (QED) is 0.751. The molecule has 1 aromatic carbocycles. The fraction of sp³-hybridized carbons (Fsp3) is 0.389. The number of nitrogens with zero attached hydrogens (tertiary/aromatic N) is 2. The summed E-state index contributed by atoms with van der Waals surface area (Å²) in [4.78, 5) is 24.5. The molecule has 0 radical (unpaired) electrons. The number of benzene rings is 1. The molecule has 4 rings (SSSR count). The number of amides is 1. The van der Waals surface area contributed by atoms with E-state index in [1.54, 1.807) is 10.7 Å². The molecular formula is C18H19N3O3. The Hall–Kier alpha value is -2.63. The van der Waals surface area contributed by atoms with Crippen molar-refractivity contribution in [2.45, 2.75) is 44.7 Å². The molecule has 124 valence electrons. The third kappa shape index (κ3) is 2.68. The van der Waals surface area contributed by atoms with Gasteiger partial charge in [0.05, 0.1) is 11.7 Å². The first-order valence-corrected chi connectivity index (χ1v) is 8.39. The fourth-order valence-electron chi connectivity index (χ4n) is 3.50. The second-order valence-electron chi connectivity index (χ2n) is 6.35. The lowest BCUT2D eigenvalue weighted by molar-refractivity contribution is -0.122. The van der Waals surface area contributed by atoms with E-state index in [4.69, 9.17) is 4.42 Å². The number of hydrogen-bond donors (Lipinski definition) is 1. The lowest BCUT2D eigenvalue weighted by Crippen LogP contribution is -2.38. The summed E-state index contributed by atoms with van der Waals surface area (Å²) in [5.74, 6) is -0.0655. The highest BCUT2D eigenvalue weighted by Crippen LogP contribution is 2.22. The van der Waals surface area contributed by atoms with Gasteiger partial charge in [0.15, 0.2) is 0 Å². The van der Waals surface area contributed by atoms with Gasteiger partial charge in [0, 0.05) is 11.4 Å². The zero-order valence-corrected chi connectivity index (χ0v) is 13.3. The largest absolute Gasteiger partial charge is 0.422 e. The van der Waals surface area contributed by atoms with Gasteiger partial charge in [-0.05, 0) is 25.0 Å². The smallest absolute Gasteiger partial charge is 0.347 e. The molecule has 6 heteroatoms.